The number of methoxy groups -OCH3 is 1. The first-order valence-electron chi connectivity index (χ1n) is 10.5. The second-order valence-electron chi connectivity index (χ2n) is 9.16. The van der Waals surface area contributed by atoms with Gasteiger partial charge in [0.25, 0.3) is 5.91 Å². The van der Waals surface area contributed by atoms with Crippen LogP contribution in [0.3, 0.4) is 0 Å². The molecule has 2 atom stereocenters. The average molecular weight is 464 g/mol. The molecule has 31 heavy (non-hydrogen) atoms. The van der Waals surface area contributed by atoms with Gasteiger partial charge in [0.2, 0.25) is 0 Å². The number of esters is 1. The highest BCUT2D eigenvalue weighted by molar-refractivity contribution is 7.17. The summed E-state index contributed by atoms with van der Waals surface area (Å²) in [6.45, 7) is 10.3. The van der Waals surface area contributed by atoms with Crippen LogP contribution in [0.4, 0.5) is 5.00 Å². The van der Waals surface area contributed by atoms with Gasteiger partial charge < -0.3 is 14.8 Å². The zero-order valence-corrected chi connectivity index (χ0v) is 20.5. The van der Waals surface area contributed by atoms with Crippen LogP contribution in [0.1, 0.15) is 60.5 Å². The SMILES string of the molecule is COC(=O)c1c(NC(=O)[C@@H](C)Oc2ccc(Cl)cc2C)sc2c1CC[C@@H](C(C)(C)C)C2. The number of carbonyl (C=O) groups is 2. The van der Waals surface area contributed by atoms with Crippen molar-refractivity contribution >= 4 is 39.8 Å². The van der Waals surface area contributed by atoms with E-state index in [9.17, 15) is 9.59 Å². The molecule has 0 aliphatic heterocycles. The Bertz CT molecular complexity index is 992. The van der Waals surface area contributed by atoms with Gasteiger partial charge in [0, 0.05) is 9.90 Å². The molecular formula is C24H30ClNO4S. The van der Waals surface area contributed by atoms with Crippen LogP contribution < -0.4 is 10.1 Å². The number of halogens is 1. The van der Waals surface area contributed by atoms with Crippen LogP contribution in [0.5, 0.6) is 5.75 Å². The standard InChI is InChI=1S/C24H30ClNO4S/c1-13-11-16(25)8-10-18(13)30-14(2)21(27)26-22-20(23(28)29-6)17-9-7-15(24(3,4)5)12-19(17)31-22/h8,10-11,14-15H,7,9,12H2,1-6H3,(H,26,27)/t14-,15-/m1/s1. The van der Waals surface area contributed by atoms with Gasteiger partial charge in [-0.05, 0) is 73.8 Å². The Morgan fingerprint density at radius 1 is 1.29 bits per heavy atom. The Morgan fingerprint density at radius 3 is 2.61 bits per heavy atom. The number of ether oxygens (including phenoxy) is 2. The summed E-state index contributed by atoms with van der Waals surface area (Å²) < 4.78 is 10.9. The van der Waals surface area contributed by atoms with Gasteiger partial charge in [0.05, 0.1) is 12.7 Å². The second-order valence-corrected chi connectivity index (χ2v) is 10.7. The van der Waals surface area contributed by atoms with Crippen LogP contribution >= 0.6 is 22.9 Å². The lowest BCUT2D eigenvalue weighted by Crippen LogP contribution is -2.30. The third-order valence-electron chi connectivity index (χ3n) is 5.93. The minimum atomic E-state index is -0.744. The van der Waals surface area contributed by atoms with E-state index in [1.165, 1.54) is 18.4 Å². The molecule has 7 heteroatoms. The van der Waals surface area contributed by atoms with Crippen molar-refractivity contribution in [2.45, 2.75) is 60.0 Å². The zero-order chi connectivity index (χ0) is 22.9. The summed E-state index contributed by atoms with van der Waals surface area (Å²) in [5.74, 6) is 0.399. The third-order valence-corrected chi connectivity index (χ3v) is 7.33. The Morgan fingerprint density at radius 2 is 2.00 bits per heavy atom. The lowest BCUT2D eigenvalue weighted by Gasteiger charge is -2.33. The van der Waals surface area contributed by atoms with Crippen molar-refractivity contribution in [2.75, 3.05) is 12.4 Å². The van der Waals surface area contributed by atoms with Crippen LogP contribution in [0.25, 0.3) is 0 Å². The maximum Gasteiger partial charge on any atom is 0.341 e. The highest BCUT2D eigenvalue weighted by Gasteiger charge is 2.34. The number of hydrogen-bond donors (Lipinski definition) is 1. The number of anilines is 1. The van der Waals surface area contributed by atoms with Gasteiger partial charge >= 0.3 is 5.97 Å². The minimum absolute atomic E-state index is 0.190. The summed E-state index contributed by atoms with van der Waals surface area (Å²) in [5.41, 5.74) is 2.53. The fourth-order valence-electron chi connectivity index (χ4n) is 3.93. The van der Waals surface area contributed by atoms with E-state index in [1.807, 2.05) is 6.92 Å². The number of nitrogens with one attached hydrogen (secondary N) is 1. The molecule has 5 nitrogen and oxygen atoms in total. The van der Waals surface area contributed by atoms with E-state index < -0.39 is 12.1 Å². The number of aryl methyl sites for hydroxylation is 1. The number of hydrogen-bond acceptors (Lipinski definition) is 5. The molecule has 1 aliphatic carbocycles. The highest BCUT2D eigenvalue weighted by Crippen LogP contribution is 2.44. The molecule has 1 N–H and O–H groups in total. The third kappa shape index (κ3) is 5.24. The van der Waals surface area contributed by atoms with Crippen LogP contribution in [0.15, 0.2) is 18.2 Å². The monoisotopic (exact) mass is 463 g/mol. The van der Waals surface area contributed by atoms with Crippen molar-refractivity contribution in [2.24, 2.45) is 11.3 Å². The Kier molecular flexibility index (Phi) is 7.01. The van der Waals surface area contributed by atoms with Gasteiger partial charge in [-0.1, -0.05) is 32.4 Å². The smallest absolute Gasteiger partial charge is 0.341 e. The fourth-order valence-corrected chi connectivity index (χ4v) is 5.48. The summed E-state index contributed by atoms with van der Waals surface area (Å²) in [6, 6.07) is 5.26. The number of amides is 1. The number of rotatable bonds is 5. The van der Waals surface area contributed by atoms with Crippen LogP contribution in [0.2, 0.25) is 5.02 Å². The Labute approximate surface area is 193 Å². The van der Waals surface area contributed by atoms with Gasteiger partial charge in [-0.2, -0.15) is 0 Å². The summed E-state index contributed by atoms with van der Waals surface area (Å²) >= 11 is 7.47. The largest absolute Gasteiger partial charge is 0.481 e. The molecule has 168 valence electrons. The second kappa shape index (κ2) is 9.21. The van der Waals surface area contributed by atoms with Gasteiger partial charge in [0.15, 0.2) is 6.10 Å². The molecule has 0 fully saturated rings. The summed E-state index contributed by atoms with van der Waals surface area (Å²) in [5, 5.41) is 4.07. The molecule has 0 bridgehead atoms. The first-order valence-corrected chi connectivity index (χ1v) is 11.7. The van der Waals surface area contributed by atoms with Crippen molar-refractivity contribution in [3.8, 4) is 5.75 Å². The van der Waals surface area contributed by atoms with Gasteiger partial charge in [-0.15, -0.1) is 11.3 Å². The van der Waals surface area contributed by atoms with Gasteiger partial charge in [-0.25, -0.2) is 4.79 Å². The molecule has 0 saturated heterocycles. The van der Waals surface area contributed by atoms with Gasteiger partial charge in [-0.3, -0.25) is 4.79 Å². The van der Waals surface area contributed by atoms with E-state index in [2.05, 4.69) is 26.1 Å². The maximum absolute atomic E-state index is 12.9. The molecule has 1 aliphatic rings. The molecular weight excluding hydrogens is 434 g/mol. The molecule has 3 rings (SSSR count). The van der Waals surface area contributed by atoms with E-state index in [0.29, 0.717) is 27.3 Å². The van der Waals surface area contributed by atoms with E-state index in [-0.39, 0.29) is 11.3 Å². The van der Waals surface area contributed by atoms with Crippen LogP contribution in [-0.2, 0) is 22.4 Å². The number of fused-ring (bicyclic) bond motifs is 1. The van der Waals surface area contributed by atoms with Crippen LogP contribution in [0, 0.1) is 18.3 Å². The van der Waals surface area contributed by atoms with Crippen molar-refractivity contribution in [1.82, 2.24) is 0 Å². The van der Waals surface area contributed by atoms with Crippen molar-refractivity contribution in [3.05, 3.63) is 44.8 Å². The van der Waals surface area contributed by atoms with Gasteiger partial charge in [0.1, 0.15) is 10.8 Å². The molecule has 1 amide bonds. The lowest BCUT2D eigenvalue weighted by molar-refractivity contribution is -0.122. The summed E-state index contributed by atoms with van der Waals surface area (Å²) in [6.07, 6.45) is 1.98. The molecule has 2 aromatic rings. The summed E-state index contributed by atoms with van der Waals surface area (Å²) in [7, 11) is 1.37. The van der Waals surface area contributed by atoms with Crippen molar-refractivity contribution < 1.29 is 19.1 Å². The summed E-state index contributed by atoms with van der Waals surface area (Å²) in [4.78, 5) is 26.6. The van der Waals surface area contributed by atoms with E-state index in [1.54, 1.807) is 25.1 Å². The normalized spacial score (nSPS) is 16.9. The van der Waals surface area contributed by atoms with Crippen molar-refractivity contribution in [3.63, 3.8) is 0 Å². The number of thiophene rings is 1. The molecule has 0 spiro atoms. The fraction of sp³-hybridized carbons (Fsp3) is 0.500. The predicted molar refractivity (Wildman–Crippen MR) is 126 cm³/mol. The molecule has 1 aromatic heterocycles. The predicted octanol–water partition coefficient (Wildman–Crippen LogP) is 6.05. The quantitative estimate of drug-likeness (QED) is 0.548. The average Bonchev–Trinajstić information content (AvgIpc) is 3.05. The first kappa shape index (κ1) is 23.6. The van der Waals surface area contributed by atoms with E-state index in [4.69, 9.17) is 21.1 Å². The number of carbonyl (C=O) groups excluding carboxylic acids is 2. The van der Waals surface area contributed by atoms with Crippen molar-refractivity contribution in [1.29, 1.82) is 0 Å². The first-order chi connectivity index (χ1) is 14.5. The lowest BCUT2D eigenvalue weighted by atomic mass is 9.72. The molecule has 0 saturated carbocycles. The van der Waals surface area contributed by atoms with E-state index >= 15 is 0 Å². The number of benzene rings is 1. The van der Waals surface area contributed by atoms with E-state index in [0.717, 1.165) is 35.3 Å². The molecule has 1 aromatic carbocycles. The topological polar surface area (TPSA) is 64.6 Å². The molecule has 0 unspecified atom stereocenters. The Balaban J connectivity index is 1.82. The molecule has 0 radical (unpaired) electrons. The van der Waals surface area contributed by atoms with Crippen LogP contribution in [-0.4, -0.2) is 25.1 Å². The zero-order valence-electron chi connectivity index (χ0n) is 18.9. The molecule has 1 heterocycles. The maximum atomic E-state index is 12.9. The minimum Gasteiger partial charge on any atom is -0.481 e. The highest BCUT2D eigenvalue weighted by atomic mass is 35.5. The Hall–Kier alpha value is -2.05.